The lowest BCUT2D eigenvalue weighted by atomic mass is 10.1. The Morgan fingerprint density at radius 2 is 1.96 bits per heavy atom. The number of likely N-dealkylation sites (tertiary alicyclic amines) is 1. The summed E-state index contributed by atoms with van der Waals surface area (Å²) in [6, 6.07) is 0. The van der Waals surface area contributed by atoms with Gasteiger partial charge in [-0.3, -0.25) is 9.69 Å². The van der Waals surface area contributed by atoms with E-state index in [9.17, 15) is 9.59 Å². The van der Waals surface area contributed by atoms with Crippen LogP contribution in [0.1, 0.15) is 44.9 Å². The molecule has 1 aliphatic carbocycles. The topological polar surface area (TPSA) is 49.9 Å². The van der Waals surface area contributed by atoms with Crippen LogP contribution in [0.2, 0.25) is 0 Å². The van der Waals surface area contributed by atoms with E-state index in [2.05, 4.69) is 0 Å². The Bertz CT molecular complexity index is 569. The smallest absolute Gasteiger partial charge is 0.413 e. The zero-order valence-electron chi connectivity index (χ0n) is 14.9. The maximum atomic E-state index is 12.8. The molecule has 0 aromatic carbocycles. The summed E-state index contributed by atoms with van der Waals surface area (Å²) < 4.78 is 5.33. The Hall–Kier alpha value is -2.04. The molecule has 2 heterocycles. The van der Waals surface area contributed by atoms with Crippen molar-refractivity contribution < 1.29 is 14.3 Å². The molecule has 0 unspecified atom stereocenters. The number of rotatable bonds is 3. The molecule has 136 valence electrons. The van der Waals surface area contributed by atoms with Crippen LogP contribution >= 0.6 is 0 Å². The molecule has 3 aliphatic rings. The van der Waals surface area contributed by atoms with Crippen molar-refractivity contribution >= 4 is 12.0 Å². The van der Waals surface area contributed by atoms with E-state index >= 15 is 0 Å². The summed E-state index contributed by atoms with van der Waals surface area (Å²) in [5.74, 6) is 0.678. The minimum Gasteiger partial charge on any atom is -0.449 e. The summed E-state index contributed by atoms with van der Waals surface area (Å²) in [6.07, 6.45) is 16.3. The van der Waals surface area contributed by atoms with Gasteiger partial charge in [-0.25, -0.2) is 4.79 Å². The first-order valence-electron chi connectivity index (χ1n) is 9.52. The maximum absolute atomic E-state index is 12.8. The van der Waals surface area contributed by atoms with Crippen molar-refractivity contribution in [2.45, 2.75) is 44.9 Å². The fourth-order valence-corrected chi connectivity index (χ4v) is 3.16. The lowest BCUT2D eigenvalue weighted by Gasteiger charge is -2.27. The molecule has 0 aromatic rings. The standard InChI is InChI=1S/C20H28N2O3/c23-19(21-12-4-2-5-13-21)18-8-3-1-6-15-25-20(24)22(14-7-9-18)16-17-10-11-17/h3,7-9,14,17H,1-2,4-6,10-13,15-16H2/b8-3+,14-7+,18-9+. The molecule has 1 saturated carbocycles. The van der Waals surface area contributed by atoms with Crippen LogP contribution in [0.4, 0.5) is 4.79 Å². The van der Waals surface area contributed by atoms with Gasteiger partial charge in [0.05, 0.1) is 6.61 Å². The van der Waals surface area contributed by atoms with E-state index in [0.717, 1.165) is 38.8 Å². The summed E-state index contributed by atoms with van der Waals surface area (Å²) in [5.41, 5.74) is 0.693. The average molecular weight is 344 g/mol. The van der Waals surface area contributed by atoms with E-state index in [1.165, 1.54) is 19.3 Å². The number of hydrogen-bond acceptors (Lipinski definition) is 3. The number of cyclic esters (lactones) is 1. The van der Waals surface area contributed by atoms with Crippen LogP contribution < -0.4 is 0 Å². The van der Waals surface area contributed by atoms with Crippen LogP contribution in [0.3, 0.4) is 0 Å². The average Bonchev–Trinajstić information content (AvgIpc) is 3.45. The van der Waals surface area contributed by atoms with Gasteiger partial charge >= 0.3 is 6.09 Å². The third kappa shape index (κ3) is 5.48. The fraction of sp³-hybridized carbons (Fsp3) is 0.600. The summed E-state index contributed by atoms with van der Waals surface area (Å²) in [4.78, 5) is 28.5. The molecule has 3 rings (SSSR count). The number of hydrogen-bond donors (Lipinski definition) is 0. The number of carbonyl (C=O) groups is 2. The van der Waals surface area contributed by atoms with Crippen LogP contribution in [0.5, 0.6) is 0 Å². The number of nitrogens with zero attached hydrogens (tertiary/aromatic N) is 2. The quantitative estimate of drug-likeness (QED) is 0.785. The third-order valence-corrected chi connectivity index (χ3v) is 4.86. The molecule has 0 N–H and O–H groups in total. The second-order valence-electron chi connectivity index (χ2n) is 7.07. The van der Waals surface area contributed by atoms with E-state index in [0.29, 0.717) is 24.6 Å². The van der Waals surface area contributed by atoms with Gasteiger partial charge in [0.25, 0.3) is 5.91 Å². The summed E-state index contributed by atoms with van der Waals surface area (Å²) >= 11 is 0. The molecule has 0 radical (unpaired) electrons. The van der Waals surface area contributed by atoms with Crippen LogP contribution in [0.15, 0.2) is 36.1 Å². The Morgan fingerprint density at radius 1 is 1.16 bits per heavy atom. The lowest BCUT2D eigenvalue weighted by Crippen LogP contribution is -2.36. The molecule has 5 nitrogen and oxygen atoms in total. The predicted octanol–water partition coefficient (Wildman–Crippen LogP) is 3.64. The molecule has 5 heteroatoms. The second-order valence-corrected chi connectivity index (χ2v) is 7.07. The highest BCUT2D eigenvalue weighted by Crippen LogP contribution is 2.30. The van der Waals surface area contributed by atoms with Crippen LogP contribution in [0.25, 0.3) is 0 Å². The van der Waals surface area contributed by atoms with Crippen molar-refractivity contribution in [2.24, 2.45) is 5.92 Å². The Kier molecular flexibility index (Phi) is 6.31. The van der Waals surface area contributed by atoms with Gasteiger partial charge in [0.2, 0.25) is 0 Å². The number of allylic oxidation sites excluding steroid dienone is 3. The van der Waals surface area contributed by atoms with Gasteiger partial charge in [-0.2, -0.15) is 0 Å². The minimum absolute atomic E-state index is 0.0916. The zero-order chi connectivity index (χ0) is 17.5. The van der Waals surface area contributed by atoms with Crippen molar-refractivity contribution in [1.82, 2.24) is 9.80 Å². The van der Waals surface area contributed by atoms with Crippen LogP contribution in [0, 0.1) is 5.92 Å². The first-order valence-corrected chi connectivity index (χ1v) is 9.52. The first kappa shape index (κ1) is 17.8. The molecule has 2 fully saturated rings. The molecule has 2 aliphatic heterocycles. The van der Waals surface area contributed by atoms with Crippen LogP contribution in [-0.4, -0.2) is 48.0 Å². The number of carbonyl (C=O) groups excluding carboxylic acids is 2. The summed E-state index contributed by atoms with van der Waals surface area (Å²) in [7, 11) is 0. The van der Waals surface area contributed by atoms with E-state index in [1.807, 2.05) is 23.1 Å². The van der Waals surface area contributed by atoms with E-state index in [4.69, 9.17) is 4.74 Å². The highest BCUT2D eigenvalue weighted by Gasteiger charge is 2.26. The summed E-state index contributed by atoms with van der Waals surface area (Å²) in [5, 5.41) is 0. The monoisotopic (exact) mass is 344 g/mol. The predicted molar refractivity (Wildman–Crippen MR) is 96.8 cm³/mol. The molecular formula is C20H28N2O3. The van der Waals surface area contributed by atoms with Gasteiger partial charge in [-0.15, -0.1) is 0 Å². The highest BCUT2D eigenvalue weighted by atomic mass is 16.6. The molecule has 0 aromatic heterocycles. The molecular weight excluding hydrogens is 316 g/mol. The molecule has 0 atom stereocenters. The number of amides is 2. The van der Waals surface area contributed by atoms with Gasteiger partial charge in [-0.05, 0) is 63.0 Å². The lowest BCUT2D eigenvalue weighted by molar-refractivity contribution is -0.127. The summed E-state index contributed by atoms with van der Waals surface area (Å²) in [6.45, 7) is 2.80. The largest absolute Gasteiger partial charge is 0.449 e. The van der Waals surface area contributed by atoms with Gasteiger partial charge in [0.15, 0.2) is 0 Å². The molecule has 2 amide bonds. The number of piperidine rings is 1. The molecule has 25 heavy (non-hydrogen) atoms. The fourth-order valence-electron chi connectivity index (χ4n) is 3.16. The minimum atomic E-state index is -0.287. The van der Waals surface area contributed by atoms with Crippen molar-refractivity contribution in [2.75, 3.05) is 26.2 Å². The third-order valence-electron chi connectivity index (χ3n) is 4.86. The maximum Gasteiger partial charge on any atom is 0.413 e. The normalized spacial score (nSPS) is 27.4. The number of ether oxygens (including phenoxy) is 1. The van der Waals surface area contributed by atoms with Crippen LogP contribution in [-0.2, 0) is 9.53 Å². The highest BCUT2D eigenvalue weighted by molar-refractivity contribution is 5.96. The van der Waals surface area contributed by atoms with E-state index in [-0.39, 0.29) is 12.0 Å². The first-order chi connectivity index (χ1) is 12.2. The molecule has 0 bridgehead atoms. The van der Waals surface area contributed by atoms with Crippen molar-refractivity contribution in [3.63, 3.8) is 0 Å². The Balaban J connectivity index is 1.74. The Labute approximate surface area is 150 Å². The second kappa shape index (κ2) is 8.88. The van der Waals surface area contributed by atoms with Gasteiger partial charge in [-0.1, -0.05) is 12.2 Å². The van der Waals surface area contributed by atoms with Crippen molar-refractivity contribution in [3.8, 4) is 0 Å². The van der Waals surface area contributed by atoms with Gasteiger partial charge in [0.1, 0.15) is 0 Å². The van der Waals surface area contributed by atoms with Crippen molar-refractivity contribution in [3.05, 3.63) is 36.1 Å². The molecule has 1 saturated heterocycles. The molecule has 0 spiro atoms. The van der Waals surface area contributed by atoms with E-state index < -0.39 is 0 Å². The van der Waals surface area contributed by atoms with E-state index in [1.54, 1.807) is 17.2 Å². The van der Waals surface area contributed by atoms with Gasteiger partial charge < -0.3 is 9.64 Å². The zero-order valence-corrected chi connectivity index (χ0v) is 14.9. The Morgan fingerprint density at radius 3 is 2.72 bits per heavy atom. The van der Waals surface area contributed by atoms with Gasteiger partial charge in [0, 0.05) is 31.4 Å². The SMILES string of the molecule is O=C1OCCC/C=C/C(C(=O)N2CCCCC2)=C\C=C\N1CC1CC1. The van der Waals surface area contributed by atoms with Crippen molar-refractivity contribution in [1.29, 1.82) is 0 Å².